The van der Waals surface area contributed by atoms with E-state index in [9.17, 15) is 10.1 Å². The van der Waals surface area contributed by atoms with Gasteiger partial charge in [-0.25, -0.2) is 4.98 Å². The fraction of sp³-hybridized carbons (Fsp3) is 0.174. The molecule has 3 aromatic carbocycles. The lowest BCUT2D eigenvalue weighted by Crippen LogP contribution is -2.29. The van der Waals surface area contributed by atoms with Gasteiger partial charge in [0.25, 0.3) is 0 Å². The van der Waals surface area contributed by atoms with E-state index >= 15 is 0 Å². The van der Waals surface area contributed by atoms with Crippen LogP contribution in [0, 0.1) is 11.3 Å². The lowest BCUT2D eigenvalue weighted by atomic mass is 10.0. The minimum absolute atomic E-state index is 0.322. The monoisotopic (exact) mass is 479 g/mol. The number of ether oxygens (including phenoxy) is 1. The second kappa shape index (κ2) is 7.78. The van der Waals surface area contributed by atoms with Crippen molar-refractivity contribution in [2.75, 3.05) is 7.11 Å². The number of methoxy groups -OCH3 is 1. The predicted octanol–water partition coefficient (Wildman–Crippen LogP) is 5.86. The highest BCUT2D eigenvalue weighted by molar-refractivity contribution is 9.10. The molecule has 0 bridgehead atoms. The number of hydrogen-bond donors (Lipinski definition) is 0. The van der Waals surface area contributed by atoms with Gasteiger partial charge in [0.15, 0.2) is 5.16 Å². The number of fused-ring (bicyclic) bond motifs is 2. The Morgan fingerprint density at radius 1 is 1.17 bits per heavy atom. The molecular formula is C23H18BrN3O2S. The maximum absolute atomic E-state index is 12.3. The van der Waals surface area contributed by atoms with E-state index in [0.29, 0.717) is 10.7 Å². The summed E-state index contributed by atoms with van der Waals surface area (Å²) in [7, 11) is 1.39. The van der Waals surface area contributed by atoms with E-state index in [2.05, 4.69) is 22.0 Å². The minimum Gasteiger partial charge on any atom is -0.468 e. The van der Waals surface area contributed by atoms with Crippen LogP contribution in [0.5, 0.6) is 0 Å². The Morgan fingerprint density at radius 3 is 2.60 bits per heavy atom. The summed E-state index contributed by atoms with van der Waals surface area (Å²) in [5, 5.41) is 12.0. The third-order valence-electron chi connectivity index (χ3n) is 4.87. The molecule has 0 aliphatic heterocycles. The first-order valence-corrected chi connectivity index (χ1v) is 10.8. The van der Waals surface area contributed by atoms with Gasteiger partial charge in [-0.15, -0.1) is 0 Å². The maximum Gasteiger partial charge on any atom is 0.321 e. The van der Waals surface area contributed by atoms with Crippen molar-refractivity contribution in [2.45, 2.75) is 23.8 Å². The molecule has 5 nitrogen and oxygen atoms in total. The Morgan fingerprint density at radius 2 is 1.90 bits per heavy atom. The maximum atomic E-state index is 12.3. The smallest absolute Gasteiger partial charge is 0.321 e. The lowest BCUT2D eigenvalue weighted by molar-refractivity contribution is -0.142. The highest BCUT2D eigenvalue weighted by Gasteiger charge is 2.33. The Hall–Kier alpha value is -2.82. The Kier molecular flexibility index (Phi) is 5.31. The molecule has 7 heteroatoms. The zero-order chi connectivity index (χ0) is 21.5. The fourth-order valence-corrected chi connectivity index (χ4v) is 4.83. The number of carbonyl (C=O) groups is 1. The number of hydrogen-bond acceptors (Lipinski definition) is 5. The van der Waals surface area contributed by atoms with E-state index < -0.39 is 4.75 Å². The van der Waals surface area contributed by atoms with Crippen molar-refractivity contribution in [3.8, 4) is 11.8 Å². The van der Waals surface area contributed by atoms with Crippen LogP contribution in [-0.2, 0) is 9.53 Å². The van der Waals surface area contributed by atoms with Crippen LogP contribution in [0.3, 0.4) is 0 Å². The summed E-state index contributed by atoms with van der Waals surface area (Å²) in [5.74, 6) is -0.322. The number of imidazole rings is 1. The molecule has 150 valence electrons. The molecule has 1 aromatic heterocycles. The molecule has 0 saturated carbocycles. The predicted molar refractivity (Wildman–Crippen MR) is 123 cm³/mol. The summed E-state index contributed by atoms with van der Waals surface area (Å²) in [5.41, 5.74) is 3.24. The molecule has 0 N–H and O–H groups in total. The van der Waals surface area contributed by atoms with Crippen molar-refractivity contribution in [1.82, 2.24) is 9.55 Å². The molecule has 0 fully saturated rings. The molecule has 0 saturated heterocycles. The number of carbonyl (C=O) groups excluding carboxylic acids is 1. The van der Waals surface area contributed by atoms with E-state index in [1.807, 2.05) is 73.0 Å². The fourth-order valence-electron chi connectivity index (χ4n) is 3.42. The molecule has 4 aromatic rings. The van der Waals surface area contributed by atoms with Crippen molar-refractivity contribution >= 4 is 55.5 Å². The second-order valence-electron chi connectivity index (χ2n) is 7.26. The zero-order valence-electron chi connectivity index (χ0n) is 16.6. The van der Waals surface area contributed by atoms with Crippen LogP contribution in [0.2, 0.25) is 0 Å². The number of thioether (sulfide) groups is 1. The van der Waals surface area contributed by atoms with Crippen LogP contribution in [0.1, 0.15) is 19.4 Å². The largest absolute Gasteiger partial charge is 0.468 e. The van der Waals surface area contributed by atoms with Crippen molar-refractivity contribution in [3.63, 3.8) is 0 Å². The van der Waals surface area contributed by atoms with Crippen LogP contribution in [0.15, 0.2) is 64.2 Å². The van der Waals surface area contributed by atoms with Crippen molar-refractivity contribution in [1.29, 1.82) is 5.26 Å². The van der Waals surface area contributed by atoms with Gasteiger partial charge in [0.1, 0.15) is 4.75 Å². The van der Waals surface area contributed by atoms with Gasteiger partial charge < -0.3 is 4.74 Å². The van der Waals surface area contributed by atoms with Gasteiger partial charge >= 0.3 is 5.97 Å². The second-order valence-corrected chi connectivity index (χ2v) is 9.76. The number of halogens is 1. The molecule has 0 radical (unpaired) electrons. The summed E-state index contributed by atoms with van der Waals surface area (Å²) < 4.78 is 7.13. The van der Waals surface area contributed by atoms with Gasteiger partial charge in [-0.05, 0) is 44.2 Å². The number of rotatable bonds is 4. The molecular weight excluding hydrogens is 462 g/mol. The molecule has 0 spiro atoms. The standard InChI is InChI=1S/C23H18BrN3O2S/c1-23(2,21(28)29-3)30-22-26-18-12-15(24)9-11-20(18)27(22)19-10-8-14(13-25)16-6-4-5-7-17(16)19/h4-12H,1-3H3. The van der Waals surface area contributed by atoms with Gasteiger partial charge in [-0.1, -0.05) is 52.0 Å². The number of nitriles is 1. The van der Waals surface area contributed by atoms with E-state index in [4.69, 9.17) is 9.72 Å². The lowest BCUT2D eigenvalue weighted by Gasteiger charge is -2.21. The van der Waals surface area contributed by atoms with Crippen LogP contribution in [-0.4, -0.2) is 27.4 Å². The van der Waals surface area contributed by atoms with E-state index in [0.717, 1.165) is 32.0 Å². The van der Waals surface area contributed by atoms with Gasteiger partial charge in [0.05, 0.1) is 35.5 Å². The van der Waals surface area contributed by atoms with Crippen molar-refractivity contribution < 1.29 is 9.53 Å². The highest BCUT2D eigenvalue weighted by Crippen LogP contribution is 2.39. The van der Waals surface area contributed by atoms with E-state index in [1.165, 1.54) is 18.9 Å². The topological polar surface area (TPSA) is 67.9 Å². The summed E-state index contributed by atoms with van der Waals surface area (Å²) in [4.78, 5) is 17.2. The van der Waals surface area contributed by atoms with Gasteiger partial charge in [0.2, 0.25) is 0 Å². The van der Waals surface area contributed by atoms with Crippen LogP contribution in [0.4, 0.5) is 0 Å². The van der Waals surface area contributed by atoms with E-state index in [-0.39, 0.29) is 5.97 Å². The van der Waals surface area contributed by atoms with Gasteiger partial charge in [0, 0.05) is 15.2 Å². The number of benzene rings is 3. The van der Waals surface area contributed by atoms with Gasteiger partial charge in [-0.3, -0.25) is 9.36 Å². The molecule has 0 amide bonds. The molecule has 0 unspecified atom stereocenters. The van der Waals surface area contributed by atoms with Crippen LogP contribution >= 0.6 is 27.7 Å². The van der Waals surface area contributed by atoms with Crippen LogP contribution in [0.25, 0.3) is 27.5 Å². The summed E-state index contributed by atoms with van der Waals surface area (Å²) in [6, 6.07) is 19.7. The first-order chi connectivity index (χ1) is 14.4. The Labute approximate surface area is 186 Å². The first kappa shape index (κ1) is 20.5. The third-order valence-corrected chi connectivity index (χ3v) is 6.50. The Balaban J connectivity index is 2.03. The molecule has 1 heterocycles. The average molecular weight is 480 g/mol. The number of nitrogens with zero attached hydrogens (tertiary/aromatic N) is 3. The number of esters is 1. The third kappa shape index (κ3) is 3.47. The minimum atomic E-state index is -0.826. The normalized spacial score (nSPS) is 11.6. The summed E-state index contributed by atoms with van der Waals surface area (Å²) >= 11 is 4.86. The van der Waals surface area contributed by atoms with Crippen molar-refractivity contribution in [3.05, 3.63) is 64.6 Å². The first-order valence-electron chi connectivity index (χ1n) is 9.23. The zero-order valence-corrected chi connectivity index (χ0v) is 19.0. The highest BCUT2D eigenvalue weighted by atomic mass is 79.9. The Bertz CT molecular complexity index is 1340. The van der Waals surface area contributed by atoms with Gasteiger partial charge in [-0.2, -0.15) is 5.26 Å². The van der Waals surface area contributed by atoms with Crippen molar-refractivity contribution in [2.24, 2.45) is 0 Å². The molecule has 30 heavy (non-hydrogen) atoms. The molecule has 0 atom stereocenters. The molecule has 0 aliphatic rings. The van der Waals surface area contributed by atoms with E-state index in [1.54, 1.807) is 0 Å². The number of aromatic nitrogens is 2. The van der Waals surface area contributed by atoms with Crippen LogP contribution < -0.4 is 0 Å². The summed E-state index contributed by atoms with van der Waals surface area (Å²) in [6.45, 7) is 3.64. The molecule has 4 rings (SSSR count). The summed E-state index contributed by atoms with van der Waals surface area (Å²) in [6.07, 6.45) is 0. The average Bonchev–Trinajstić information content (AvgIpc) is 3.08. The quantitative estimate of drug-likeness (QED) is 0.271. The SMILES string of the molecule is COC(=O)C(C)(C)Sc1nc2cc(Br)ccc2n1-c1ccc(C#N)c2ccccc12. The molecule has 0 aliphatic carbocycles.